The second-order valence-corrected chi connectivity index (χ2v) is 31.8. The smallest absolute Gasteiger partial charge is 0.319 e. The number of urea groups is 3. The highest BCUT2D eigenvalue weighted by Crippen LogP contribution is 2.43. The third-order valence-electron chi connectivity index (χ3n) is 17.9. The van der Waals surface area contributed by atoms with E-state index in [-0.39, 0.29) is 77.5 Å². The molecule has 3 aromatic carbocycles. The van der Waals surface area contributed by atoms with Crippen molar-refractivity contribution >= 4 is 124 Å². The van der Waals surface area contributed by atoms with E-state index >= 15 is 0 Å². The van der Waals surface area contributed by atoms with E-state index in [1.807, 2.05) is 62.5 Å². The lowest BCUT2D eigenvalue weighted by Crippen LogP contribution is -2.39. The number of benzene rings is 3. The van der Waals surface area contributed by atoms with Gasteiger partial charge < -0.3 is 81.0 Å². The SMILES string of the molecule is CC(=O)OC(C)=O.COC[C@H](C)N.COC[C@H](C)N(Cc1ccc(-c2cc3nccc(Oc4ccc(NC(=O)NC5CC5)cc4F)c3s2)nc1)C(C)=O.COC[C@H](C)NCc1ccc(-c2cc3nccc(Oc4ccc(NC(=O)NC5CC5)cc4F)c3s2)nc1.O=Cc1ccc(-c2cc3nccc(Oc4ccc(NC(=O)NC5CC5)cc4F)c3s2)nc1. The molecule has 0 spiro atoms. The molecule has 3 aliphatic rings. The van der Waals surface area contributed by atoms with Crippen LogP contribution in [0.2, 0.25) is 0 Å². The summed E-state index contributed by atoms with van der Waals surface area (Å²) in [5, 5.41) is 19.7. The molecule has 9 aromatic heterocycles. The number of carbonyl (C=O) groups excluding carboxylic acids is 7. The summed E-state index contributed by atoms with van der Waals surface area (Å²) in [5.41, 5.74) is 13.2. The predicted octanol–water partition coefficient (Wildman–Crippen LogP) is 17.1. The lowest BCUT2D eigenvalue weighted by atomic mass is 10.2. The van der Waals surface area contributed by atoms with E-state index in [4.69, 9.17) is 29.4 Å². The third kappa shape index (κ3) is 27.3. The highest BCUT2D eigenvalue weighted by atomic mass is 32.1. The van der Waals surface area contributed by atoms with Crippen LogP contribution in [0, 0.1) is 17.5 Å². The summed E-state index contributed by atoms with van der Waals surface area (Å²) in [5.74, 6) is -1.35. The van der Waals surface area contributed by atoms with Crippen molar-refractivity contribution in [2.45, 2.75) is 129 Å². The first-order valence-electron chi connectivity index (χ1n) is 38.8. The summed E-state index contributed by atoms with van der Waals surface area (Å²) in [7, 11) is 4.94. The zero-order valence-corrected chi connectivity index (χ0v) is 70.6. The predicted molar refractivity (Wildman–Crippen MR) is 463 cm³/mol. The molecule has 35 heteroatoms. The van der Waals surface area contributed by atoms with E-state index in [1.165, 1.54) is 90.5 Å². The third-order valence-corrected chi connectivity index (χ3v) is 21.4. The maximum Gasteiger partial charge on any atom is 0.319 e. The fourth-order valence-corrected chi connectivity index (χ4v) is 14.7. The first-order chi connectivity index (χ1) is 58.8. The van der Waals surface area contributed by atoms with Crippen LogP contribution in [0.1, 0.15) is 102 Å². The molecule has 0 radical (unpaired) electrons. The molecule has 3 saturated carbocycles. The Morgan fingerprint density at radius 3 is 1.15 bits per heavy atom. The first-order valence-corrected chi connectivity index (χ1v) is 41.3. The number of carbonyl (C=O) groups is 7. The number of pyridine rings is 6. The number of methoxy groups -OCH3 is 3. The van der Waals surface area contributed by atoms with E-state index in [0.29, 0.717) is 89.5 Å². The summed E-state index contributed by atoms with van der Waals surface area (Å²) < 4.78 is 83.3. The van der Waals surface area contributed by atoms with E-state index in [9.17, 15) is 46.7 Å². The van der Waals surface area contributed by atoms with Crippen molar-refractivity contribution in [2.75, 3.05) is 57.1 Å². The Bertz CT molecular complexity index is 5610. The number of hydrogen-bond donors (Lipinski definition) is 8. The van der Waals surface area contributed by atoms with Gasteiger partial charge in [-0.15, -0.1) is 34.0 Å². The lowest BCUT2D eigenvalue weighted by molar-refractivity contribution is -0.156. The fraction of sp³-hybridized carbons (Fsp3) is 0.299. The van der Waals surface area contributed by atoms with Gasteiger partial charge in [-0.3, -0.25) is 49.1 Å². The summed E-state index contributed by atoms with van der Waals surface area (Å²) in [6, 6.07) is 35.1. The lowest BCUT2D eigenvalue weighted by Gasteiger charge is -2.27. The molecular weight excluding hydrogens is 1630 g/mol. The number of esters is 2. The van der Waals surface area contributed by atoms with Crippen molar-refractivity contribution in [3.05, 3.63) is 199 Å². The number of rotatable bonds is 28. The molecule has 29 nitrogen and oxygen atoms in total. The Morgan fingerprint density at radius 2 is 0.852 bits per heavy atom. The molecule has 3 aliphatic carbocycles. The van der Waals surface area contributed by atoms with E-state index in [0.717, 1.165) is 102 Å². The number of amides is 7. The van der Waals surface area contributed by atoms with Gasteiger partial charge in [0.2, 0.25) is 5.91 Å². The van der Waals surface area contributed by atoms with Gasteiger partial charge in [-0.1, -0.05) is 12.1 Å². The maximum absolute atomic E-state index is 14.9. The number of nitrogens with one attached hydrogen (secondary N) is 7. The number of hydrogen-bond acceptors (Lipinski definition) is 25. The van der Waals surface area contributed by atoms with Gasteiger partial charge in [-0.2, -0.15) is 0 Å². The number of aldehydes is 1. The Hall–Kier alpha value is -12.5. The molecule has 12 aromatic rings. The summed E-state index contributed by atoms with van der Waals surface area (Å²) >= 11 is 4.34. The van der Waals surface area contributed by atoms with Crippen LogP contribution in [0.4, 0.5) is 44.6 Å². The fourth-order valence-electron chi connectivity index (χ4n) is 11.6. The number of aromatic nitrogens is 6. The summed E-state index contributed by atoms with van der Waals surface area (Å²) in [6.07, 6.45) is 16.5. The minimum atomic E-state index is -0.595. The van der Waals surface area contributed by atoms with Crippen molar-refractivity contribution in [3.8, 4) is 66.2 Å². The quantitative estimate of drug-likeness (QED) is 0.0128. The molecule has 9 heterocycles. The van der Waals surface area contributed by atoms with E-state index < -0.39 is 29.4 Å². The number of anilines is 3. The van der Waals surface area contributed by atoms with Crippen LogP contribution in [0.25, 0.3) is 62.4 Å². The van der Waals surface area contributed by atoms with E-state index in [2.05, 4.69) is 83.5 Å². The second kappa shape index (κ2) is 43.7. The van der Waals surface area contributed by atoms with Crippen LogP contribution >= 0.6 is 34.0 Å². The van der Waals surface area contributed by atoms with Crippen LogP contribution in [0.15, 0.2) is 165 Å². The number of ether oxygens (including phenoxy) is 7. The summed E-state index contributed by atoms with van der Waals surface area (Å²) in [6.45, 7) is 12.7. The standard InChI is InChI=1S/C29H30FN5O4S.C27H28FN5O3S.C23H17FN4O3S.C4H11NO.C4H6O3/c1-17(16-38-3)35(18(2)36)15-19-4-8-23(32-14-19)27-13-24-28(40-27)26(10-11-31-24)39-25-9-7-21(12-22(25)30)34-29(37)33-20-5-6-20;1-16(15-35-2)30-13-17-3-7-21(31-14-17)25-12-22-26(37-25)24(9-10-29-22)36-23-8-6-19(11-20(23)28)33-27(34)32-18-4-5-18;24-16-9-15(28-23(30)27-14-2-3-14)4-6-19(16)31-20-7-8-25-18-10-21(32-22(18)20)17-5-1-13(12-29)11-26-17;1-4(5)3-6-2;1-3(5)7-4(2)6/h4,7-14,17,20H,5-6,15-16H2,1-3H3,(H2,33,34,37);3,6-12,14,16,18,30H,4-5,13,15H2,1-2H3,(H2,32,33,34);1,4-12,14H,2-3H2,(H2,27,28,30);4H,3,5H2,1-2H3;1-2H3/t17-;16-;;4-;/m00.0./s1. The number of fused-ring (bicyclic) bond motifs is 3. The molecule has 0 unspecified atom stereocenters. The molecule has 638 valence electrons. The largest absolute Gasteiger partial charge is 0.453 e. The summed E-state index contributed by atoms with van der Waals surface area (Å²) in [4.78, 5) is 110. The highest BCUT2D eigenvalue weighted by molar-refractivity contribution is 7.23. The molecule has 7 amide bonds. The first kappa shape index (κ1) is 90.3. The minimum Gasteiger partial charge on any atom is -0.453 e. The highest BCUT2D eigenvalue weighted by Gasteiger charge is 2.27. The molecule has 9 N–H and O–H groups in total. The van der Waals surface area contributed by atoms with Gasteiger partial charge in [0, 0.05) is 182 Å². The van der Waals surface area contributed by atoms with Crippen molar-refractivity contribution in [1.29, 1.82) is 0 Å². The Kier molecular flexibility index (Phi) is 32.3. The monoisotopic (exact) mass is 1720 g/mol. The number of halogens is 3. The van der Waals surface area contributed by atoms with Gasteiger partial charge in [0.1, 0.15) is 17.2 Å². The molecular formula is C87H92F3N15O14S3. The molecule has 3 fully saturated rings. The van der Waals surface area contributed by atoms with Crippen LogP contribution in [0.5, 0.6) is 34.5 Å². The molecule has 3 atom stereocenters. The zero-order chi connectivity index (χ0) is 86.9. The zero-order valence-electron chi connectivity index (χ0n) is 68.2. The van der Waals surface area contributed by atoms with Gasteiger partial charge in [-0.25, -0.2) is 27.6 Å². The topological polar surface area (TPSA) is 375 Å². The normalized spacial score (nSPS) is 13.3. The van der Waals surface area contributed by atoms with Gasteiger partial charge >= 0.3 is 30.0 Å². The van der Waals surface area contributed by atoms with Gasteiger partial charge in [0.25, 0.3) is 0 Å². The van der Waals surface area contributed by atoms with Gasteiger partial charge in [-0.05, 0) is 149 Å². The second-order valence-electron chi connectivity index (χ2n) is 28.7. The Morgan fingerprint density at radius 1 is 0.475 bits per heavy atom. The number of nitrogens with two attached hydrogens (primary N) is 1. The average molecular weight is 1720 g/mol. The van der Waals surface area contributed by atoms with Gasteiger partial charge in [0.15, 0.2) is 41.0 Å². The molecule has 0 saturated heterocycles. The van der Waals surface area contributed by atoms with Crippen molar-refractivity contribution in [3.63, 3.8) is 0 Å². The Balaban J connectivity index is 0.000000167. The molecule has 122 heavy (non-hydrogen) atoms. The van der Waals surface area contributed by atoms with Crippen molar-refractivity contribution in [2.24, 2.45) is 5.73 Å². The van der Waals surface area contributed by atoms with Gasteiger partial charge in [0.05, 0.1) is 88.2 Å². The van der Waals surface area contributed by atoms with Crippen LogP contribution < -0.4 is 57.2 Å². The van der Waals surface area contributed by atoms with Crippen LogP contribution in [-0.2, 0) is 46.4 Å². The van der Waals surface area contributed by atoms with Crippen molar-refractivity contribution < 1.29 is 79.9 Å². The molecule has 15 rings (SSSR count). The Labute approximate surface area is 713 Å². The average Bonchev–Trinajstić information content (AvgIpc) is 1.67. The number of thiophene rings is 3. The van der Waals surface area contributed by atoms with Crippen molar-refractivity contribution in [1.82, 2.24) is 56.1 Å². The molecule has 0 aliphatic heterocycles. The van der Waals surface area contributed by atoms with Crippen LogP contribution in [-0.4, -0.2) is 154 Å². The maximum atomic E-state index is 14.9. The van der Waals surface area contributed by atoms with Crippen LogP contribution in [0.3, 0.4) is 0 Å². The number of nitrogens with zero attached hydrogens (tertiary/aromatic N) is 7. The van der Waals surface area contributed by atoms with E-state index in [1.54, 1.807) is 106 Å². The molecule has 0 bridgehead atoms. The minimum absolute atomic E-state index is 0.0295.